The van der Waals surface area contributed by atoms with E-state index in [1.807, 2.05) is 6.92 Å². The highest BCUT2D eigenvalue weighted by Crippen LogP contribution is 2.41. The minimum absolute atomic E-state index is 0.0617. The third kappa shape index (κ3) is 3.48. The van der Waals surface area contributed by atoms with Gasteiger partial charge >= 0.3 is 10.2 Å². The molecule has 0 unspecified atom stereocenters. The summed E-state index contributed by atoms with van der Waals surface area (Å²) in [4.78, 5) is 28.3. The number of carbonyl (C=O) groups is 1. The Kier molecular flexibility index (Phi) is 5.76. The summed E-state index contributed by atoms with van der Waals surface area (Å²) in [6.45, 7) is 4.42. The fraction of sp³-hybridized carbons (Fsp3) is 0.409. The first-order chi connectivity index (χ1) is 17.0. The third-order valence-corrected chi connectivity index (χ3v) is 8.87. The first-order valence-corrected chi connectivity index (χ1v) is 13.1. The van der Waals surface area contributed by atoms with Crippen LogP contribution in [0.1, 0.15) is 35.9 Å². The maximum atomic E-state index is 13.7. The molecule has 0 saturated carbocycles. The van der Waals surface area contributed by atoms with E-state index in [0.29, 0.717) is 18.7 Å². The van der Waals surface area contributed by atoms with Crippen molar-refractivity contribution in [3.05, 3.63) is 50.7 Å². The molecular formula is C22H24ClFN6O5S. The van der Waals surface area contributed by atoms with Crippen LogP contribution < -0.4 is 9.86 Å². The summed E-state index contributed by atoms with van der Waals surface area (Å²) in [6, 6.07) is 3.55. The molecule has 2 aliphatic heterocycles. The maximum Gasteiger partial charge on any atom is 0.305 e. The van der Waals surface area contributed by atoms with Crippen molar-refractivity contribution in [1.82, 2.24) is 23.6 Å². The molecule has 1 aromatic carbocycles. The van der Waals surface area contributed by atoms with Crippen molar-refractivity contribution >= 4 is 44.4 Å². The SMILES string of the molecule is CCN1C[C@H](C)n2c(c(O)c3c(=O)n(Cc4ccc(F)c(Cl)c4)nc(N4CCN(C)S4(=O)=O)c32)C1=O. The molecule has 0 radical (unpaired) electrons. The lowest BCUT2D eigenvalue weighted by atomic mass is 10.2. The Balaban J connectivity index is 1.83. The van der Waals surface area contributed by atoms with Gasteiger partial charge < -0.3 is 14.6 Å². The molecule has 2 aliphatic rings. The number of hydrogen-bond donors (Lipinski definition) is 1. The van der Waals surface area contributed by atoms with Gasteiger partial charge in [0.2, 0.25) is 0 Å². The lowest BCUT2D eigenvalue weighted by Gasteiger charge is -2.33. The predicted octanol–water partition coefficient (Wildman–Crippen LogP) is 1.78. The molecule has 1 fully saturated rings. The minimum Gasteiger partial charge on any atom is -0.505 e. The minimum atomic E-state index is -3.96. The van der Waals surface area contributed by atoms with Crippen LogP contribution in [0.15, 0.2) is 23.0 Å². The van der Waals surface area contributed by atoms with Gasteiger partial charge in [-0.1, -0.05) is 17.7 Å². The molecule has 0 spiro atoms. The summed E-state index contributed by atoms with van der Waals surface area (Å²) in [5.74, 6) is -1.69. The van der Waals surface area contributed by atoms with Crippen molar-refractivity contribution in [3.63, 3.8) is 0 Å². The van der Waals surface area contributed by atoms with E-state index in [2.05, 4.69) is 5.10 Å². The summed E-state index contributed by atoms with van der Waals surface area (Å²) < 4.78 is 44.6. The van der Waals surface area contributed by atoms with Crippen molar-refractivity contribution in [2.24, 2.45) is 0 Å². The van der Waals surface area contributed by atoms with E-state index in [1.54, 1.807) is 11.8 Å². The predicted molar refractivity (Wildman–Crippen MR) is 131 cm³/mol. The van der Waals surface area contributed by atoms with Crippen LogP contribution in [0, 0.1) is 5.82 Å². The largest absolute Gasteiger partial charge is 0.505 e. The van der Waals surface area contributed by atoms with Crippen molar-refractivity contribution in [3.8, 4) is 5.75 Å². The molecule has 1 amide bonds. The van der Waals surface area contributed by atoms with Crippen LogP contribution in [0.3, 0.4) is 0 Å². The molecule has 1 atom stereocenters. The van der Waals surface area contributed by atoms with E-state index < -0.39 is 33.2 Å². The quantitative estimate of drug-likeness (QED) is 0.540. The fourth-order valence-corrected chi connectivity index (χ4v) is 6.32. The number of aromatic nitrogens is 3. The maximum absolute atomic E-state index is 13.7. The highest BCUT2D eigenvalue weighted by Gasteiger charge is 2.41. The monoisotopic (exact) mass is 538 g/mol. The summed E-state index contributed by atoms with van der Waals surface area (Å²) >= 11 is 5.90. The van der Waals surface area contributed by atoms with Crippen LogP contribution in [-0.2, 0) is 16.8 Å². The molecule has 4 heterocycles. The molecule has 0 aliphatic carbocycles. The van der Waals surface area contributed by atoms with Crippen molar-refractivity contribution in [2.75, 3.05) is 37.5 Å². The number of amides is 1. The van der Waals surface area contributed by atoms with Crippen LogP contribution >= 0.6 is 11.6 Å². The molecule has 1 N–H and O–H groups in total. The highest BCUT2D eigenvalue weighted by atomic mass is 35.5. The number of fused-ring (bicyclic) bond motifs is 3. The van der Waals surface area contributed by atoms with Gasteiger partial charge in [-0.2, -0.15) is 12.7 Å². The molecule has 2 aromatic heterocycles. The standard InChI is InChI=1S/C22H24ClFN6O5S/c1-4-27-10-12(2)30-17-16(19(31)18(30)22(27)33)21(32)28(11-13-5-6-15(24)14(23)9-13)25-20(17)29-8-7-26(3)36(29,34)35/h5-6,9,12,31H,4,7-8,10-11H2,1-3H3/t12-/m0/s1. The molecule has 14 heteroatoms. The third-order valence-electron chi connectivity index (χ3n) is 6.70. The summed E-state index contributed by atoms with van der Waals surface area (Å²) in [7, 11) is -2.53. The zero-order valence-electron chi connectivity index (χ0n) is 19.8. The molecule has 5 rings (SSSR count). The van der Waals surface area contributed by atoms with E-state index >= 15 is 0 Å². The second-order valence-corrected chi connectivity index (χ2v) is 11.3. The van der Waals surface area contributed by atoms with E-state index in [9.17, 15) is 27.5 Å². The number of benzene rings is 1. The number of likely N-dealkylation sites (N-methyl/N-ethyl adjacent to an activating group) is 2. The van der Waals surface area contributed by atoms with E-state index in [0.717, 1.165) is 19.4 Å². The Morgan fingerprint density at radius 1 is 1.25 bits per heavy atom. The van der Waals surface area contributed by atoms with E-state index in [-0.39, 0.29) is 53.1 Å². The molecular weight excluding hydrogens is 515 g/mol. The van der Waals surface area contributed by atoms with Gasteiger partial charge in [-0.05, 0) is 31.5 Å². The van der Waals surface area contributed by atoms with Gasteiger partial charge in [-0.3, -0.25) is 9.59 Å². The first-order valence-electron chi connectivity index (χ1n) is 11.3. The zero-order valence-corrected chi connectivity index (χ0v) is 21.3. The molecule has 11 nitrogen and oxygen atoms in total. The zero-order chi connectivity index (χ0) is 26.1. The summed E-state index contributed by atoms with van der Waals surface area (Å²) in [5, 5.41) is 15.2. The second-order valence-electron chi connectivity index (χ2n) is 8.92. The Morgan fingerprint density at radius 3 is 2.58 bits per heavy atom. The number of nitrogens with zero attached hydrogens (tertiary/aromatic N) is 6. The van der Waals surface area contributed by atoms with Crippen LogP contribution in [0.2, 0.25) is 5.02 Å². The van der Waals surface area contributed by atoms with E-state index in [4.69, 9.17) is 11.6 Å². The van der Waals surface area contributed by atoms with Crippen LogP contribution in [-0.4, -0.2) is 76.2 Å². The Hall–Kier alpha value is -3.16. The number of halogens is 2. The topological polar surface area (TPSA) is 121 Å². The fourth-order valence-electron chi connectivity index (χ4n) is 4.82. The average Bonchev–Trinajstić information content (AvgIpc) is 3.29. The number of aromatic hydroxyl groups is 1. The number of rotatable bonds is 4. The van der Waals surface area contributed by atoms with Crippen LogP contribution in [0.4, 0.5) is 10.2 Å². The van der Waals surface area contributed by atoms with Gasteiger partial charge in [0.05, 0.1) is 18.1 Å². The molecule has 192 valence electrons. The first kappa shape index (κ1) is 24.5. The average molecular weight is 539 g/mol. The molecule has 3 aromatic rings. The van der Waals surface area contributed by atoms with Gasteiger partial charge in [0.1, 0.15) is 16.7 Å². The Bertz CT molecular complexity index is 1590. The summed E-state index contributed by atoms with van der Waals surface area (Å²) in [5.41, 5.74) is -0.288. The molecule has 0 bridgehead atoms. The summed E-state index contributed by atoms with van der Waals surface area (Å²) in [6.07, 6.45) is 0. The van der Waals surface area contributed by atoms with Gasteiger partial charge in [-0.25, -0.2) is 13.4 Å². The molecule has 36 heavy (non-hydrogen) atoms. The normalized spacial score (nSPS) is 19.9. The smallest absolute Gasteiger partial charge is 0.305 e. The van der Waals surface area contributed by atoms with E-state index in [1.165, 1.54) is 23.7 Å². The van der Waals surface area contributed by atoms with Gasteiger partial charge in [0, 0.05) is 32.7 Å². The van der Waals surface area contributed by atoms with Crippen LogP contribution in [0.25, 0.3) is 10.9 Å². The van der Waals surface area contributed by atoms with Crippen molar-refractivity contribution < 1.29 is 22.7 Å². The van der Waals surface area contributed by atoms with Crippen molar-refractivity contribution in [1.29, 1.82) is 0 Å². The lowest BCUT2D eigenvalue weighted by molar-refractivity contribution is 0.0686. The van der Waals surface area contributed by atoms with Crippen LogP contribution in [0.5, 0.6) is 5.75 Å². The highest BCUT2D eigenvalue weighted by molar-refractivity contribution is 7.90. The Labute approximate surface area is 211 Å². The van der Waals surface area contributed by atoms with Gasteiger partial charge in [0.15, 0.2) is 17.3 Å². The molecule has 1 saturated heterocycles. The lowest BCUT2D eigenvalue weighted by Crippen LogP contribution is -2.42. The van der Waals surface area contributed by atoms with Crippen molar-refractivity contribution in [2.45, 2.75) is 26.4 Å². The Morgan fingerprint density at radius 2 is 1.97 bits per heavy atom. The second kappa shape index (κ2) is 8.46. The number of anilines is 1. The number of carbonyl (C=O) groups excluding carboxylic acids is 1. The van der Waals surface area contributed by atoms with Gasteiger partial charge in [-0.15, -0.1) is 5.10 Å². The van der Waals surface area contributed by atoms with Gasteiger partial charge in [0.25, 0.3) is 11.5 Å². The number of hydrogen-bond acceptors (Lipinski definition) is 6.